The molecule has 0 fully saturated rings. The molecule has 5 aromatic rings. The molecule has 0 spiro atoms. The van der Waals surface area contributed by atoms with Crippen molar-refractivity contribution in [3.05, 3.63) is 60.2 Å². The lowest BCUT2D eigenvalue weighted by molar-refractivity contribution is 0.937. The van der Waals surface area contributed by atoms with E-state index in [9.17, 15) is 0 Å². The molecule has 118 valence electrons. The van der Waals surface area contributed by atoms with Crippen molar-refractivity contribution >= 4 is 53.3 Å². The van der Waals surface area contributed by atoms with Crippen molar-refractivity contribution in [1.29, 1.82) is 0 Å². The molecule has 0 aliphatic carbocycles. The summed E-state index contributed by atoms with van der Waals surface area (Å²) in [5, 5.41) is 5.64. The van der Waals surface area contributed by atoms with Gasteiger partial charge in [0.25, 0.3) is 0 Å². The fourth-order valence-corrected chi connectivity index (χ4v) is 5.33. The van der Waals surface area contributed by atoms with Gasteiger partial charge in [0, 0.05) is 49.0 Å². The molecule has 0 radical (unpaired) electrons. The first-order valence-electron chi connectivity index (χ1n) is 8.60. The smallest absolute Gasteiger partial charge is 0.0498 e. The van der Waals surface area contributed by atoms with Crippen LogP contribution in [0.5, 0.6) is 0 Å². The van der Waals surface area contributed by atoms with E-state index in [4.69, 9.17) is 0 Å². The van der Waals surface area contributed by atoms with Gasteiger partial charge in [0.15, 0.2) is 0 Å². The zero-order valence-corrected chi connectivity index (χ0v) is 14.8. The average molecular weight is 329 g/mol. The number of fused-ring (bicyclic) bond motifs is 6. The van der Waals surface area contributed by atoms with Crippen LogP contribution >= 0.6 is 11.3 Å². The Morgan fingerprint density at radius 1 is 0.875 bits per heavy atom. The van der Waals surface area contributed by atoms with Crippen LogP contribution in [0.1, 0.15) is 18.9 Å². The third-order valence-electron chi connectivity index (χ3n) is 5.14. The van der Waals surface area contributed by atoms with Crippen molar-refractivity contribution in [3.8, 4) is 0 Å². The lowest BCUT2D eigenvalue weighted by atomic mass is 9.99. The Balaban J connectivity index is 2.09. The summed E-state index contributed by atoms with van der Waals surface area (Å²) < 4.78 is 5.22. The maximum absolute atomic E-state index is 2.41. The Bertz CT molecular complexity index is 1220. The van der Waals surface area contributed by atoms with Gasteiger partial charge in [-0.15, -0.1) is 11.3 Å². The summed E-state index contributed by atoms with van der Waals surface area (Å²) in [6.07, 6.45) is 2.31. The quantitative estimate of drug-likeness (QED) is 0.341. The Hall–Kier alpha value is -2.32. The molecule has 0 bridgehead atoms. The first kappa shape index (κ1) is 14.1. The summed E-state index contributed by atoms with van der Waals surface area (Å²) in [7, 11) is 2.20. The fraction of sp³-hybridized carbons (Fsp3) is 0.182. The molecule has 24 heavy (non-hydrogen) atoms. The van der Waals surface area contributed by atoms with Crippen molar-refractivity contribution in [2.45, 2.75) is 19.8 Å². The molecule has 0 aliphatic heterocycles. The standard InChI is InChI=1S/C22H19NS/c1-3-8-16-21-15-10-4-6-11-18(15)23(2)19(21)13-17-14-9-5-7-12-20(14)24-22(16)17/h4-7,9-13H,3,8H2,1-2H3. The molecule has 0 aliphatic rings. The molecule has 0 atom stereocenters. The molecular formula is C22H19NS. The van der Waals surface area contributed by atoms with E-state index in [-0.39, 0.29) is 0 Å². The van der Waals surface area contributed by atoms with Crippen molar-refractivity contribution < 1.29 is 0 Å². The number of thiophene rings is 1. The van der Waals surface area contributed by atoms with Gasteiger partial charge in [-0.2, -0.15) is 0 Å². The molecule has 0 saturated carbocycles. The predicted octanol–water partition coefficient (Wildman–Crippen LogP) is 6.65. The zero-order chi connectivity index (χ0) is 16.3. The van der Waals surface area contributed by atoms with Crippen molar-refractivity contribution in [1.82, 2.24) is 4.57 Å². The van der Waals surface area contributed by atoms with Gasteiger partial charge in [-0.05, 0) is 30.2 Å². The van der Waals surface area contributed by atoms with E-state index in [1.807, 2.05) is 11.3 Å². The maximum atomic E-state index is 2.41. The third-order valence-corrected chi connectivity index (χ3v) is 6.39. The highest BCUT2D eigenvalue weighted by atomic mass is 32.1. The Morgan fingerprint density at radius 3 is 2.46 bits per heavy atom. The predicted molar refractivity (Wildman–Crippen MR) is 107 cm³/mol. The highest BCUT2D eigenvalue weighted by Crippen LogP contribution is 2.42. The molecule has 1 nitrogen and oxygen atoms in total. The third kappa shape index (κ3) is 1.75. The Kier molecular flexibility index (Phi) is 2.98. The Morgan fingerprint density at radius 2 is 1.62 bits per heavy atom. The monoisotopic (exact) mass is 329 g/mol. The SMILES string of the molecule is CCCc1c2sc3ccccc3c2cc2c1c1ccccc1n2C. The van der Waals surface area contributed by atoms with Gasteiger partial charge in [0.1, 0.15) is 0 Å². The first-order chi connectivity index (χ1) is 11.8. The molecule has 0 saturated heterocycles. The summed E-state index contributed by atoms with van der Waals surface area (Å²) in [4.78, 5) is 0. The lowest BCUT2D eigenvalue weighted by Gasteiger charge is -2.06. The van der Waals surface area contributed by atoms with E-state index in [0.29, 0.717) is 0 Å². The van der Waals surface area contributed by atoms with Gasteiger partial charge in [-0.25, -0.2) is 0 Å². The summed E-state index contributed by atoms with van der Waals surface area (Å²) in [5.41, 5.74) is 4.21. The van der Waals surface area contributed by atoms with Gasteiger partial charge in [0.2, 0.25) is 0 Å². The number of hydrogen-bond acceptors (Lipinski definition) is 1. The maximum Gasteiger partial charge on any atom is 0.0498 e. The summed E-state index contributed by atoms with van der Waals surface area (Å²) in [5.74, 6) is 0. The molecule has 2 aromatic heterocycles. The second-order valence-corrected chi connectivity index (χ2v) is 7.60. The topological polar surface area (TPSA) is 4.93 Å². The van der Waals surface area contributed by atoms with Gasteiger partial charge >= 0.3 is 0 Å². The van der Waals surface area contributed by atoms with E-state index in [1.165, 1.54) is 54.0 Å². The average Bonchev–Trinajstić information content (AvgIpc) is 3.12. The molecule has 0 N–H and O–H groups in total. The number of hydrogen-bond donors (Lipinski definition) is 0. The van der Waals surface area contributed by atoms with Gasteiger partial charge < -0.3 is 4.57 Å². The molecule has 0 unspecified atom stereocenters. The highest BCUT2D eigenvalue weighted by molar-refractivity contribution is 7.26. The van der Waals surface area contributed by atoms with Crippen molar-refractivity contribution in [2.75, 3.05) is 0 Å². The van der Waals surface area contributed by atoms with Crippen LogP contribution < -0.4 is 0 Å². The number of nitrogens with zero attached hydrogens (tertiary/aromatic N) is 1. The number of rotatable bonds is 2. The van der Waals surface area contributed by atoms with Crippen LogP contribution in [-0.4, -0.2) is 4.57 Å². The molecular weight excluding hydrogens is 310 g/mol. The second kappa shape index (κ2) is 5.09. The van der Waals surface area contributed by atoms with Gasteiger partial charge in [0.05, 0.1) is 0 Å². The van der Waals surface area contributed by atoms with Crippen LogP contribution in [0.3, 0.4) is 0 Å². The van der Waals surface area contributed by atoms with E-state index in [0.717, 1.165) is 6.42 Å². The number of benzene rings is 3. The van der Waals surface area contributed by atoms with Crippen LogP contribution in [0.15, 0.2) is 54.6 Å². The normalized spacial score (nSPS) is 12.1. The van der Waals surface area contributed by atoms with E-state index < -0.39 is 0 Å². The first-order valence-corrected chi connectivity index (χ1v) is 9.41. The van der Waals surface area contributed by atoms with Crippen LogP contribution in [0, 0.1) is 0 Å². The van der Waals surface area contributed by atoms with E-state index in [2.05, 4.69) is 73.1 Å². The number of aryl methyl sites for hydroxylation is 2. The summed E-state index contributed by atoms with van der Waals surface area (Å²) in [6, 6.07) is 20.0. The van der Waals surface area contributed by atoms with E-state index >= 15 is 0 Å². The highest BCUT2D eigenvalue weighted by Gasteiger charge is 2.17. The summed E-state index contributed by atoms with van der Waals surface area (Å²) >= 11 is 1.95. The largest absolute Gasteiger partial charge is 0.344 e. The fourth-order valence-electron chi connectivity index (χ4n) is 4.07. The lowest BCUT2D eigenvalue weighted by Crippen LogP contribution is -1.89. The molecule has 2 heterocycles. The number of aromatic nitrogens is 1. The Labute approximate surface area is 145 Å². The van der Waals surface area contributed by atoms with Crippen LogP contribution in [0.25, 0.3) is 42.0 Å². The summed E-state index contributed by atoms with van der Waals surface area (Å²) in [6.45, 7) is 2.28. The van der Waals surface area contributed by atoms with Crippen molar-refractivity contribution in [3.63, 3.8) is 0 Å². The zero-order valence-electron chi connectivity index (χ0n) is 14.0. The van der Waals surface area contributed by atoms with Crippen molar-refractivity contribution in [2.24, 2.45) is 7.05 Å². The van der Waals surface area contributed by atoms with Crippen LogP contribution in [-0.2, 0) is 13.5 Å². The van der Waals surface area contributed by atoms with Crippen LogP contribution in [0.4, 0.5) is 0 Å². The molecule has 0 amide bonds. The number of para-hydroxylation sites is 1. The van der Waals surface area contributed by atoms with Crippen LogP contribution in [0.2, 0.25) is 0 Å². The minimum Gasteiger partial charge on any atom is -0.344 e. The second-order valence-electron chi connectivity index (χ2n) is 6.55. The van der Waals surface area contributed by atoms with E-state index in [1.54, 1.807) is 0 Å². The minimum atomic E-state index is 1.13. The van der Waals surface area contributed by atoms with Gasteiger partial charge in [-0.3, -0.25) is 0 Å². The molecule has 2 heteroatoms. The van der Waals surface area contributed by atoms with Gasteiger partial charge in [-0.1, -0.05) is 49.7 Å². The molecule has 5 rings (SSSR count). The molecule has 3 aromatic carbocycles. The minimum absolute atomic E-state index is 1.13.